The van der Waals surface area contributed by atoms with Gasteiger partial charge in [-0.3, -0.25) is 4.79 Å². The summed E-state index contributed by atoms with van der Waals surface area (Å²) in [6.45, 7) is 2.22. The van der Waals surface area contributed by atoms with Gasteiger partial charge in [0.15, 0.2) is 0 Å². The molecule has 0 aliphatic carbocycles. The minimum atomic E-state index is 0. The van der Waals surface area contributed by atoms with E-state index in [9.17, 15) is 4.79 Å². The molecule has 0 aromatic heterocycles. The maximum Gasteiger partial charge on any atom is 0.226 e. The summed E-state index contributed by atoms with van der Waals surface area (Å²) in [6.07, 6.45) is 1.39. The van der Waals surface area contributed by atoms with Crippen LogP contribution in [0.4, 0.5) is 0 Å². The van der Waals surface area contributed by atoms with Gasteiger partial charge in [0.2, 0.25) is 5.91 Å². The second-order valence-electron chi connectivity index (χ2n) is 4.68. The standard InChI is InChI=1S/C14H19ClN2O2.ClH/c1-17(11-6-8-16-10-11)14(18)7-9-19-13-5-3-2-4-12(13)15;/h2-5,11,16H,6-10H2,1H3;1H. The number of carbonyl (C=O) groups is 1. The van der Waals surface area contributed by atoms with Gasteiger partial charge in [0.1, 0.15) is 5.75 Å². The minimum Gasteiger partial charge on any atom is -0.491 e. The van der Waals surface area contributed by atoms with Crippen molar-refractivity contribution in [2.45, 2.75) is 18.9 Å². The molecule has 1 amide bonds. The third-order valence-electron chi connectivity index (χ3n) is 3.39. The molecule has 1 aliphatic rings. The van der Waals surface area contributed by atoms with E-state index in [2.05, 4.69) is 5.32 Å². The summed E-state index contributed by atoms with van der Waals surface area (Å²) in [7, 11) is 1.86. The number of likely N-dealkylation sites (N-methyl/N-ethyl adjacent to an activating group) is 1. The van der Waals surface area contributed by atoms with Gasteiger partial charge in [-0.25, -0.2) is 0 Å². The first-order chi connectivity index (χ1) is 9.18. The Bertz CT molecular complexity index is 437. The lowest BCUT2D eigenvalue weighted by Gasteiger charge is -2.23. The van der Waals surface area contributed by atoms with Crippen LogP contribution in [0.3, 0.4) is 0 Å². The number of nitrogens with zero attached hydrogens (tertiary/aromatic N) is 1. The zero-order chi connectivity index (χ0) is 13.7. The second-order valence-corrected chi connectivity index (χ2v) is 5.09. The first-order valence-corrected chi connectivity index (χ1v) is 6.90. The molecule has 1 heterocycles. The average molecular weight is 319 g/mol. The van der Waals surface area contributed by atoms with Gasteiger partial charge >= 0.3 is 0 Å². The van der Waals surface area contributed by atoms with Crippen molar-refractivity contribution in [3.63, 3.8) is 0 Å². The van der Waals surface area contributed by atoms with Gasteiger partial charge in [-0.05, 0) is 25.1 Å². The molecule has 2 rings (SSSR count). The highest BCUT2D eigenvalue weighted by atomic mass is 35.5. The fraction of sp³-hybridized carbons (Fsp3) is 0.500. The minimum absolute atomic E-state index is 0. The highest BCUT2D eigenvalue weighted by molar-refractivity contribution is 6.32. The average Bonchev–Trinajstić information content (AvgIpc) is 2.94. The lowest BCUT2D eigenvalue weighted by Crippen LogP contribution is -2.38. The number of benzene rings is 1. The van der Waals surface area contributed by atoms with Crippen molar-refractivity contribution in [1.29, 1.82) is 0 Å². The molecule has 1 fully saturated rings. The summed E-state index contributed by atoms with van der Waals surface area (Å²) in [4.78, 5) is 13.8. The molecule has 0 radical (unpaired) electrons. The predicted octanol–water partition coefficient (Wildman–Crippen LogP) is 2.35. The van der Waals surface area contributed by atoms with E-state index in [-0.39, 0.29) is 18.3 Å². The first kappa shape index (κ1) is 17.1. The fourth-order valence-corrected chi connectivity index (χ4v) is 2.35. The highest BCUT2D eigenvalue weighted by Gasteiger charge is 2.22. The molecular formula is C14H20Cl2N2O2. The van der Waals surface area contributed by atoms with E-state index in [1.165, 1.54) is 0 Å². The van der Waals surface area contributed by atoms with Crippen molar-refractivity contribution in [3.8, 4) is 5.75 Å². The molecule has 6 heteroatoms. The molecule has 0 spiro atoms. The summed E-state index contributed by atoms with van der Waals surface area (Å²) in [5.74, 6) is 0.739. The zero-order valence-corrected chi connectivity index (χ0v) is 13.0. The highest BCUT2D eigenvalue weighted by Crippen LogP contribution is 2.23. The van der Waals surface area contributed by atoms with Crippen LogP contribution in [0.5, 0.6) is 5.75 Å². The Kier molecular flexibility index (Phi) is 7.13. The molecule has 1 aliphatic heterocycles. The third kappa shape index (κ3) is 4.54. The quantitative estimate of drug-likeness (QED) is 0.906. The summed E-state index contributed by atoms with van der Waals surface area (Å²) < 4.78 is 5.53. The molecule has 20 heavy (non-hydrogen) atoms. The van der Waals surface area contributed by atoms with E-state index in [0.29, 0.717) is 29.8 Å². The Hall–Kier alpha value is -0.970. The molecule has 0 saturated carbocycles. The molecule has 1 atom stereocenters. The topological polar surface area (TPSA) is 41.6 Å². The number of rotatable bonds is 5. The van der Waals surface area contributed by atoms with Crippen molar-refractivity contribution >= 4 is 29.9 Å². The SMILES string of the molecule is CN(C(=O)CCOc1ccccc1Cl)C1CCNC1.Cl. The molecule has 112 valence electrons. The van der Waals surface area contributed by atoms with Crippen molar-refractivity contribution in [2.75, 3.05) is 26.7 Å². The molecule has 1 N–H and O–H groups in total. The monoisotopic (exact) mass is 318 g/mol. The number of hydrogen-bond acceptors (Lipinski definition) is 3. The van der Waals surface area contributed by atoms with Gasteiger partial charge in [0.25, 0.3) is 0 Å². The van der Waals surface area contributed by atoms with Crippen LogP contribution in [0.1, 0.15) is 12.8 Å². The first-order valence-electron chi connectivity index (χ1n) is 6.52. The van der Waals surface area contributed by atoms with Crippen LogP contribution in [0.2, 0.25) is 5.02 Å². The number of hydrogen-bond donors (Lipinski definition) is 1. The summed E-state index contributed by atoms with van der Waals surface area (Å²) >= 11 is 5.98. The molecule has 0 bridgehead atoms. The lowest BCUT2D eigenvalue weighted by molar-refractivity contribution is -0.132. The van der Waals surface area contributed by atoms with E-state index in [1.54, 1.807) is 12.1 Å². The van der Waals surface area contributed by atoms with Crippen LogP contribution < -0.4 is 10.1 Å². The van der Waals surface area contributed by atoms with Gasteiger partial charge in [-0.15, -0.1) is 12.4 Å². The van der Waals surface area contributed by atoms with Crippen molar-refractivity contribution < 1.29 is 9.53 Å². The van der Waals surface area contributed by atoms with Crippen molar-refractivity contribution in [1.82, 2.24) is 10.2 Å². The van der Waals surface area contributed by atoms with Gasteiger partial charge in [-0.1, -0.05) is 23.7 Å². The molecule has 1 aromatic carbocycles. The van der Waals surface area contributed by atoms with Crippen LogP contribution in [-0.4, -0.2) is 43.6 Å². The second kappa shape index (κ2) is 8.35. The summed E-state index contributed by atoms with van der Waals surface area (Å²) in [5, 5.41) is 3.83. The smallest absolute Gasteiger partial charge is 0.226 e. The van der Waals surface area contributed by atoms with E-state index < -0.39 is 0 Å². The van der Waals surface area contributed by atoms with E-state index >= 15 is 0 Å². The Morgan fingerprint density at radius 2 is 2.25 bits per heavy atom. The Morgan fingerprint density at radius 1 is 1.50 bits per heavy atom. The lowest BCUT2D eigenvalue weighted by atomic mass is 10.2. The molecule has 4 nitrogen and oxygen atoms in total. The normalized spacial score (nSPS) is 17.4. The predicted molar refractivity (Wildman–Crippen MR) is 82.9 cm³/mol. The number of nitrogens with one attached hydrogen (secondary N) is 1. The Labute approximate surface area is 130 Å². The number of ether oxygens (including phenoxy) is 1. The van der Waals surface area contributed by atoms with Gasteiger partial charge in [0, 0.05) is 19.6 Å². The van der Waals surface area contributed by atoms with Crippen LogP contribution >= 0.6 is 24.0 Å². The van der Waals surface area contributed by atoms with Gasteiger partial charge < -0.3 is 15.0 Å². The largest absolute Gasteiger partial charge is 0.491 e. The number of amides is 1. The van der Waals surface area contributed by atoms with E-state index in [1.807, 2.05) is 24.1 Å². The van der Waals surface area contributed by atoms with Gasteiger partial charge in [-0.2, -0.15) is 0 Å². The zero-order valence-electron chi connectivity index (χ0n) is 11.5. The fourth-order valence-electron chi connectivity index (χ4n) is 2.16. The van der Waals surface area contributed by atoms with Crippen LogP contribution in [0.25, 0.3) is 0 Å². The molecule has 1 unspecified atom stereocenters. The Balaban J connectivity index is 0.00000200. The number of halogens is 2. The number of carbonyl (C=O) groups excluding carboxylic acids is 1. The number of para-hydroxylation sites is 1. The maximum absolute atomic E-state index is 12.0. The third-order valence-corrected chi connectivity index (χ3v) is 3.70. The molecule has 1 aromatic rings. The maximum atomic E-state index is 12.0. The molecular weight excluding hydrogens is 299 g/mol. The Morgan fingerprint density at radius 3 is 2.90 bits per heavy atom. The summed E-state index contributed by atoms with van der Waals surface area (Å²) in [6, 6.07) is 7.60. The summed E-state index contributed by atoms with van der Waals surface area (Å²) in [5.41, 5.74) is 0. The van der Waals surface area contributed by atoms with Crippen molar-refractivity contribution in [3.05, 3.63) is 29.3 Å². The van der Waals surface area contributed by atoms with Crippen LogP contribution in [0, 0.1) is 0 Å². The van der Waals surface area contributed by atoms with Crippen LogP contribution in [-0.2, 0) is 4.79 Å². The van der Waals surface area contributed by atoms with Gasteiger partial charge in [0.05, 0.1) is 18.1 Å². The van der Waals surface area contributed by atoms with Crippen molar-refractivity contribution in [2.24, 2.45) is 0 Å². The molecule has 1 saturated heterocycles. The van der Waals surface area contributed by atoms with E-state index in [4.69, 9.17) is 16.3 Å². The van der Waals surface area contributed by atoms with Crippen LogP contribution in [0.15, 0.2) is 24.3 Å². The van der Waals surface area contributed by atoms with E-state index in [0.717, 1.165) is 19.5 Å².